The molecule has 0 aromatic rings. The van der Waals surface area contributed by atoms with Gasteiger partial charge in [-0.1, -0.05) is 20.3 Å². The van der Waals surface area contributed by atoms with Gasteiger partial charge >= 0.3 is 5.97 Å². The van der Waals surface area contributed by atoms with Gasteiger partial charge < -0.3 is 84.6 Å². The highest BCUT2D eigenvalue weighted by atomic mass is 16.8. The molecule has 2 bridgehead atoms. The third-order valence-corrected chi connectivity index (χ3v) is 15.4. The van der Waals surface area contributed by atoms with Gasteiger partial charge in [0.2, 0.25) is 6.29 Å². The van der Waals surface area contributed by atoms with Crippen LogP contribution >= 0.6 is 0 Å². The van der Waals surface area contributed by atoms with E-state index in [1.165, 1.54) is 0 Å². The van der Waals surface area contributed by atoms with E-state index in [4.69, 9.17) is 28.4 Å². The number of esters is 1. The normalized spacial score (nSPS) is 55.9. The first-order valence-corrected chi connectivity index (χ1v) is 20.2. The first kappa shape index (κ1) is 42.9. The second-order valence-electron chi connectivity index (χ2n) is 18.4. The molecule has 3 saturated heterocycles. The van der Waals surface area contributed by atoms with Gasteiger partial charge in [0.25, 0.3) is 0 Å². The minimum atomic E-state index is -1.79. The van der Waals surface area contributed by atoms with Crippen LogP contribution in [0.3, 0.4) is 0 Å². The van der Waals surface area contributed by atoms with E-state index in [9.17, 15) is 61.0 Å². The average molecular weight is 807 g/mol. The summed E-state index contributed by atoms with van der Waals surface area (Å²) in [6.07, 6.45) is -16.9. The van der Waals surface area contributed by atoms with Crippen molar-refractivity contribution < 1.29 is 89.4 Å². The van der Waals surface area contributed by atoms with Gasteiger partial charge in [-0.05, 0) is 86.9 Å². The monoisotopic (exact) mass is 806 g/mol. The fourth-order valence-corrected chi connectivity index (χ4v) is 12.5. The zero-order valence-corrected chi connectivity index (χ0v) is 32.2. The Hall–Kier alpha value is -1.17. The van der Waals surface area contributed by atoms with Crippen molar-refractivity contribution in [1.29, 1.82) is 0 Å². The molecule has 7 aliphatic rings. The summed E-state index contributed by atoms with van der Waals surface area (Å²) < 4.78 is 35.8. The molecule has 0 aromatic heterocycles. The molecule has 7 fully saturated rings. The van der Waals surface area contributed by atoms with Crippen molar-refractivity contribution in [3.8, 4) is 0 Å². The third-order valence-electron chi connectivity index (χ3n) is 15.4. The molecule has 22 atom stereocenters. The van der Waals surface area contributed by atoms with Gasteiger partial charge in [0.1, 0.15) is 73.2 Å². The topological polar surface area (TPSA) is 295 Å². The van der Waals surface area contributed by atoms with E-state index in [1.807, 2.05) is 6.92 Å². The van der Waals surface area contributed by atoms with E-state index >= 15 is 0 Å². The summed E-state index contributed by atoms with van der Waals surface area (Å²) in [4.78, 5) is 14.1. The van der Waals surface area contributed by atoms with Crippen LogP contribution in [0.15, 0.2) is 0 Å². The maximum Gasteiger partial charge on any atom is 0.314 e. The zero-order chi connectivity index (χ0) is 40.7. The minimum absolute atomic E-state index is 0.0214. The maximum absolute atomic E-state index is 14.1. The van der Waals surface area contributed by atoms with E-state index in [-0.39, 0.29) is 28.6 Å². The molecule has 0 unspecified atom stereocenters. The predicted octanol–water partition coefficient (Wildman–Crippen LogP) is -2.86. The lowest BCUT2D eigenvalue weighted by molar-refractivity contribution is -0.382. The molecule has 18 nitrogen and oxygen atoms in total. The molecule has 56 heavy (non-hydrogen) atoms. The lowest BCUT2D eigenvalue weighted by atomic mass is 9.41. The molecule has 0 amide bonds. The van der Waals surface area contributed by atoms with E-state index in [1.54, 1.807) is 0 Å². The quantitative estimate of drug-likeness (QED) is 0.0825. The summed E-state index contributed by atoms with van der Waals surface area (Å²) >= 11 is 0. The van der Waals surface area contributed by atoms with Crippen LogP contribution in [-0.4, -0.2) is 180 Å². The number of fused-ring (bicyclic) bond motifs is 3. The average Bonchev–Trinajstić information content (AvgIpc) is 3.37. The fourth-order valence-electron chi connectivity index (χ4n) is 12.5. The van der Waals surface area contributed by atoms with E-state index in [2.05, 4.69) is 13.8 Å². The van der Waals surface area contributed by atoms with Crippen LogP contribution in [-0.2, 0) is 33.2 Å². The number of carbonyl (C=O) groups excluding carboxylic acids is 1. The summed E-state index contributed by atoms with van der Waals surface area (Å²) in [7, 11) is 0. The lowest BCUT2D eigenvalue weighted by Crippen LogP contribution is -2.66. The summed E-state index contributed by atoms with van der Waals surface area (Å²) in [6, 6.07) is 0. The van der Waals surface area contributed by atoms with Gasteiger partial charge in [-0.3, -0.25) is 4.79 Å². The first-order valence-electron chi connectivity index (χ1n) is 20.2. The first-order chi connectivity index (χ1) is 26.4. The van der Waals surface area contributed by atoms with Crippen LogP contribution in [0.1, 0.15) is 78.6 Å². The summed E-state index contributed by atoms with van der Waals surface area (Å²) in [6.45, 7) is 4.24. The Morgan fingerprint density at radius 2 is 1.18 bits per heavy atom. The Balaban J connectivity index is 1.10. The smallest absolute Gasteiger partial charge is 0.314 e. The summed E-state index contributed by atoms with van der Waals surface area (Å²) in [5, 5.41) is 114. The van der Waals surface area contributed by atoms with Crippen molar-refractivity contribution in [2.45, 2.75) is 176 Å². The van der Waals surface area contributed by atoms with Gasteiger partial charge in [0, 0.05) is 0 Å². The van der Waals surface area contributed by atoms with Crippen LogP contribution < -0.4 is 0 Å². The van der Waals surface area contributed by atoms with Gasteiger partial charge in [-0.15, -0.1) is 0 Å². The minimum Gasteiger partial charge on any atom is -0.432 e. The number of hydrogen-bond acceptors (Lipinski definition) is 18. The van der Waals surface area contributed by atoms with E-state index in [0.717, 1.165) is 32.1 Å². The Morgan fingerprint density at radius 1 is 0.643 bits per heavy atom. The molecular weight excluding hydrogens is 744 g/mol. The van der Waals surface area contributed by atoms with Gasteiger partial charge in [-0.25, -0.2) is 0 Å². The molecule has 18 heteroatoms. The molecule has 1 spiro atoms. The van der Waals surface area contributed by atoms with Crippen molar-refractivity contribution in [3.05, 3.63) is 0 Å². The Kier molecular flexibility index (Phi) is 12.0. The van der Waals surface area contributed by atoms with Crippen molar-refractivity contribution >= 4 is 5.97 Å². The Morgan fingerprint density at radius 3 is 1.79 bits per heavy atom. The Bertz CT molecular complexity index is 1400. The van der Waals surface area contributed by atoms with Crippen molar-refractivity contribution in [3.63, 3.8) is 0 Å². The highest BCUT2D eigenvalue weighted by molar-refractivity contribution is 5.77. The largest absolute Gasteiger partial charge is 0.432 e. The number of ether oxygens (including phenoxy) is 6. The molecule has 4 saturated carbocycles. The van der Waals surface area contributed by atoms with Crippen LogP contribution in [0.5, 0.6) is 0 Å². The highest BCUT2D eigenvalue weighted by Crippen LogP contribution is 2.74. The number of rotatable bonds is 9. The number of hydrogen-bond donors (Lipinski definition) is 11. The van der Waals surface area contributed by atoms with Crippen LogP contribution in [0.4, 0.5) is 0 Å². The van der Waals surface area contributed by atoms with Crippen LogP contribution in [0, 0.1) is 34.0 Å². The molecule has 322 valence electrons. The van der Waals surface area contributed by atoms with E-state index < -0.39 is 129 Å². The van der Waals surface area contributed by atoms with Crippen molar-refractivity contribution in [2.75, 3.05) is 19.8 Å². The molecule has 3 heterocycles. The molecule has 0 radical (unpaired) electrons. The van der Waals surface area contributed by atoms with Gasteiger partial charge in [-0.2, -0.15) is 0 Å². The second-order valence-corrected chi connectivity index (χ2v) is 18.4. The predicted molar refractivity (Wildman–Crippen MR) is 186 cm³/mol. The highest BCUT2D eigenvalue weighted by Gasteiger charge is 2.70. The second kappa shape index (κ2) is 15.7. The fraction of sp³-hybridized carbons (Fsp3) is 0.974. The molecule has 4 aliphatic carbocycles. The SMILES string of the molecule is C[C@H]1C[C@@]23CC[C@H]4[C@@](C)(CCC[C@@]4(C)C(=O)O[C@@H]4O[C@H](CO)[C@@H](O)[C@H](O)[C@H]4O)[C@@H]2CC[C@]1(O[C@@H]1O[C@H](CO)[C@@H](O)[C@H](O)[C@H]1O[C@@H]1O[C@H](CO)[C@@H](O)[C@H](O)[C@H]1O)C3. The van der Waals surface area contributed by atoms with Crippen molar-refractivity contribution in [2.24, 2.45) is 34.0 Å². The van der Waals surface area contributed by atoms with E-state index in [0.29, 0.717) is 25.7 Å². The van der Waals surface area contributed by atoms with Crippen molar-refractivity contribution in [1.82, 2.24) is 0 Å². The molecule has 3 aliphatic heterocycles. The maximum atomic E-state index is 14.1. The van der Waals surface area contributed by atoms with Crippen LogP contribution in [0.25, 0.3) is 0 Å². The Labute approximate surface area is 325 Å². The third kappa shape index (κ3) is 6.77. The number of aliphatic hydroxyl groups excluding tert-OH is 11. The molecule has 7 rings (SSSR count). The van der Waals surface area contributed by atoms with Crippen LogP contribution in [0.2, 0.25) is 0 Å². The zero-order valence-electron chi connectivity index (χ0n) is 32.2. The number of carbonyl (C=O) groups is 1. The lowest BCUT2D eigenvalue weighted by Gasteiger charge is -2.64. The molecule has 11 N–H and O–H groups in total. The standard InChI is InChI=1S/C38H62O18/c1-16-11-37-9-5-20-35(2,7-4-8-36(20,3)34(50)55-32-29(49)26(46)23(43)18(13-40)52-32)21(37)6-10-38(16,15-37)56-33-30(27(47)24(44)19(14-41)53-33)54-31-28(48)25(45)22(42)17(12-39)51-31/h16-33,39-49H,4-15H2,1-3H3/t16-,17+,18+,19+,20-,21-,22+,23+,24+,25-,26-,27-,28+,29+,30+,31-,32-,33-,35+,36+,37+,38-/m0/s1. The summed E-state index contributed by atoms with van der Waals surface area (Å²) in [5.41, 5.74) is -2.24. The molecule has 0 aromatic carbocycles. The number of aliphatic hydroxyl groups is 11. The molecular formula is C38H62O18. The van der Waals surface area contributed by atoms with Gasteiger partial charge in [0.15, 0.2) is 12.6 Å². The summed E-state index contributed by atoms with van der Waals surface area (Å²) in [5.74, 6) is -0.505. The van der Waals surface area contributed by atoms with Gasteiger partial charge in [0.05, 0.1) is 30.8 Å².